The molecule has 2 atom stereocenters. The van der Waals surface area contributed by atoms with E-state index < -0.39 is 136 Å². The van der Waals surface area contributed by atoms with E-state index in [-0.39, 0.29) is 5.56 Å². The first-order chi connectivity index (χ1) is 24.5. The first kappa shape index (κ1) is 38.7. The van der Waals surface area contributed by atoms with Gasteiger partial charge >= 0.3 is 6.48 Å². The van der Waals surface area contributed by atoms with Gasteiger partial charge in [0, 0.05) is 6.61 Å². The Morgan fingerprint density at radius 1 is 0.500 bits per heavy atom. The molecule has 0 saturated carbocycles. The summed E-state index contributed by atoms with van der Waals surface area (Å²) in [5.74, 6) is -40.2. The zero-order valence-electron chi connectivity index (χ0n) is 25.8. The Kier molecular flexibility index (Phi) is 11.0. The quantitative estimate of drug-likeness (QED) is 0.0462. The topological polar surface area (TPSA) is 13.1 Å². The molecule has 5 aromatic rings. The SMILES string of the molecule is CC(C[B-](OCc1ccccc1)(c1c(F)c(F)c(F)c(F)c1F)[n+]1ccccc1)P(c1c(F)c(F)c(F)c(F)c1F)c1c(F)c(F)c(F)c(F)c1F. The van der Waals surface area contributed by atoms with E-state index in [2.05, 4.69) is 0 Å². The van der Waals surface area contributed by atoms with E-state index >= 15 is 26.3 Å². The molecule has 4 aromatic carbocycles. The molecule has 1 heterocycles. The van der Waals surface area contributed by atoms with Crippen LogP contribution in [-0.2, 0) is 11.3 Å². The second kappa shape index (κ2) is 14.8. The molecule has 52 heavy (non-hydrogen) atoms. The Bertz CT molecular complexity index is 2020. The standard InChI is InChI=1S/C33H18BF15NOP/c1-14(52(32-28(46)24(42)22(40)25(43)29(32)47)33-30(48)26(44)23(41)27(45)31(33)49)12-34(50-10-6-3-7-11-50,51-13-15-8-4-2-5-9-15)16-17(35)19(37)21(39)20(38)18(16)36/h2-11,14H,12-13H2,1H3. The van der Waals surface area contributed by atoms with Crippen molar-refractivity contribution in [3.05, 3.63) is 154 Å². The molecule has 2 unspecified atom stereocenters. The van der Waals surface area contributed by atoms with Crippen molar-refractivity contribution in [1.82, 2.24) is 0 Å². The lowest BCUT2D eigenvalue weighted by atomic mass is 9.42. The number of halogens is 15. The predicted octanol–water partition coefficient (Wildman–Crippen LogP) is 8.00. The average molecular weight is 771 g/mol. The van der Waals surface area contributed by atoms with Crippen molar-refractivity contribution in [3.8, 4) is 0 Å². The van der Waals surface area contributed by atoms with Gasteiger partial charge in [-0.25, -0.2) is 65.9 Å². The highest BCUT2D eigenvalue weighted by molar-refractivity contribution is 7.73. The Morgan fingerprint density at radius 2 is 0.846 bits per heavy atom. The molecule has 1 aromatic heterocycles. The third kappa shape index (κ3) is 6.40. The molecular formula is C33H18BF15NOP. The monoisotopic (exact) mass is 771 g/mol. The Balaban J connectivity index is 1.90. The highest BCUT2D eigenvalue weighted by Crippen LogP contribution is 2.47. The van der Waals surface area contributed by atoms with Crippen molar-refractivity contribution >= 4 is 30.5 Å². The summed E-state index contributed by atoms with van der Waals surface area (Å²) >= 11 is 0. The maximum atomic E-state index is 15.8. The molecule has 5 rings (SSSR count). The summed E-state index contributed by atoms with van der Waals surface area (Å²) in [6.07, 6.45) is 0.508. The summed E-state index contributed by atoms with van der Waals surface area (Å²) in [6, 6.07) is 10.7. The van der Waals surface area contributed by atoms with Gasteiger partial charge in [-0.15, -0.1) is 0 Å². The summed E-state index contributed by atoms with van der Waals surface area (Å²) in [6.45, 7) is -4.26. The van der Waals surface area contributed by atoms with Crippen LogP contribution in [0.3, 0.4) is 0 Å². The van der Waals surface area contributed by atoms with E-state index in [1.807, 2.05) is 0 Å². The van der Waals surface area contributed by atoms with Crippen molar-refractivity contribution < 1.29 is 75.0 Å². The van der Waals surface area contributed by atoms with Crippen molar-refractivity contribution in [2.24, 2.45) is 0 Å². The van der Waals surface area contributed by atoms with Gasteiger partial charge in [0.2, 0.25) is 11.6 Å². The summed E-state index contributed by atoms with van der Waals surface area (Å²) in [5.41, 5.74) is -3.83. The van der Waals surface area contributed by atoms with Crippen LogP contribution in [0, 0.1) is 87.3 Å². The minimum absolute atomic E-state index is 0.170. The second-order valence-electron chi connectivity index (χ2n) is 11.3. The molecule has 0 amide bonds. The molecule has 0 fully saturated rings. The molecule has 0 aliphatic rings. The summed E-state index contributed by atoms with van der Waals surface area (Å²) in [4.78, 5) is 0. The second-order valence-corrected chi connectivity index (χ2v) is 13.8. The summed E-state index contributed by atoms with van der Waals surface area (Å²) < 4.78 is 231. The van der Waals surface area contributed by atoms with E-state index in [0.29, 0.717) is 6.92 Å². The minimum Gasteiger partial charge on any atom is -0.524 e. The smallest absolute Gasteiger partial charge is 0.440 e. The van der Waals surface area contributed by atoms with Crippen LogP contribution in [0.4, 0.5) is 65.9 Å². The largest absolute Gasteiger partial charge is 0.524 e. The molecule has 0 radical (unpaired) electrons. The van der Waals surface area contributed by atoms with Gasteiger partial charge in [-0.2, -0.15) is 0 Å². The number of pyridine rings is 1. The molecule has 2 nitrogen and oxygen atoms in total. The molecular weight excluding hydrogens is 753 g/mol. The van der Waals surface area contributed by atoms with Gasteiger partial charge in [-0.3, -0.25) is 0 Å². The van der Waals surface area contributed by atoms with E-state index in [1.165, 1.54) is 36.4 Å². The van der Waals surface area contributed by atoms with Crippen molar-refractivity contribution in [2.75, 3.05) is 0 Å². The maximum Gasteiger partial charge on any atom is 0.440 e. The highest BCUT2D eigenvalue weighted by Gasteiger charge is 2.51. The Morgan fingerprint density at radius 3 is 1.25 bits per heavy atom. The Hall–Kier alpha value is -4.57. The molecule has 0 bridgehead atoms. The van der Waals surface area contributed by atoms with Gasteiger partial charge in [0.25, 0.3) is 0 Å². The van der Waals surface area contributed by atoms with Crippen LogP contribution in [0.15, 0.2) is 60.9 Å². The van der Waals surface area contributed by atoms with Crippen LogP contribution >= 0.6 is 7.92 Å². The van der Waals surface area contributed by atoms with Crippen LogP contribution in [0.1, 0.15) is 12.5 Å². The molecule has 0 spiro atoms. The fraction of sp³-hybridized carbons (Fsp3) is 0.121. The number of aromatic nitrogens is 1. The van der Waals surface area contributed by atoms with Crippen molar-refractivity contribution in [2.45, 2.75) is 25.5 Å². The molecule has 0 N–H and O–H groups in total. The van der Waals surface area contributed by atoms with Crippen molar-refractivity contribution in [1.29, 1.82) is 0 Å². The van der Waals surface area contributed by atoms with Crippen LogP contribution in [0.5, 0.6) is 0 Å². The zero-order valence-corrected chi connectivity index (χ0v) is 26.7. The van der Waals surface area contributed by atoms with Gasteiger partial charge in [0.05, 0.1) is 10.6 Å². The van der Waals surface area contributed by atoms with Crippen LogP contribution in [0.2, 0.25) is 6.32 Å². The van der Waals surface area contributed by atoms with Gasteiger partial charge in [0.1, 0.15) is 24.0 Å². The summed E-state index contributed by atoms with van der Waals surface area (Å²) in [5, 5.41) is -4.18. The van der Waals surface area contributed by atoms with Crippen molar-refractivity contribution in [3.63, 3.8) is 0 Å². The van der Waals surface area contributed by atoms with Gasteiger partial charge < -0.3 is 9.13 Å². The third-order valence-corrected chi connectivity index (χ3v) is 11.1. The molecule has 274 valence electrons. The summed E-state index contributed by atoms with van der Waals surface area (Å²) in [7, 11) is -4.11. The predicted molar refractivity (Wildman–Crippen MR) is 158 cm³/mol. The minimum atomic E-state index is -4.18. The van der Waals surface area contributed by atoms with E-state index in [4.69, 9.17) is 4.65 Å². The average Bonchev–Trinajstić information content (AvgIpc) is 3.15. The van der Waals surface area contributed by atoms with Gasteiger partial charge in [-0.1, -0.05) is 49.6 Å². The lowest BCUT2D eigenvalue weighted by molar-refractivity contribution is -0.560. The van der Waals surface area contributed by atoms with Gasteiger partial charge in [0.15, 0.2) is 64.0 Å². The number of hydrogen-bond acceptors (Lipinski definition) is 1. The molecule has 0 aliphatic carbocycles. The molecule has 19 heteroatoms. The lowest BCUT2D eigenvalue weighted by Crippen LogP contribution is -2.76. The van der Waals surface area contributed by atoms with E-state index in [0.717, 1.165) is 29.0 Å². The number of hydrogen-bond donors (Lipinski definition) is 0. The zero-order chi connectivity index (χ0) is 38.4. The number of nitrogens with zero attached hydrogens (tertiary/aromatic N) is 1. The lowest BCUT2D eigenvalue weighted by Gasteiger charge is -2.40. The normalized spacial score (nSPS) is 13.5. The van der Waals surface area contributed by atoms with Crippen LogP contribution in [0.25, 0.3) is 0 Å². The third-order valence-electron chi connectivity index (χ3n) is 8.24. The number of rotatable bonds is 10. The number of benzene rings is 4. The first-order valence-electron chi connectivity index (χ1n) is 14.6. The molecule has 0 saturated heterocycles. The first-order valence-corrected chi connectivity index (χ1v) is 16.0. The van der Waals surface area contributed by atoms with Crippen LogP contribution < -0.4 is 20.5 Å². The maximum absolute atomic E-state index is 15.8. The highest BCUT2D eigenvalue weighted by atomic mass is 31.1. The molecule has 0 aliphatic heterocycles. The van der Waals surface area contributed by atoms with Crippen LogP contribution in [-0.4, -0.2) is 12.1 Å². The fourth-order valence-electron chi connectivity index (χ4n) is 5.87. The van der Waals surface area contributed by atoms with Gasteiger partial charge in [-0.05, 0) is 36.7 Å². The van der Waals surface area contributed by atoms with E-state index in [9.17, 15) is 39.5 Å². The fourth-order valence-corrected chi connectivity index (χ4v) is 8.71. The Labute approximate surface area is 284 Å². The van der Waals surface area contributed by atoms with E-state index in [1.54, 1.807) is 0 Å².